The maximum absolute atomic E-state index is 15.1. The van der Waals surface area contributed by atoms with Gasteiger partial charge in [-0.1, -0.05) is 0 Å². The largest absolute Gasteiger partial charge is 0.441 e. The van der Waals surface area contributed by atoms with Gasteiger partial charge in [0.05, 0.1) is 24.1 Å². The number of fused-ring (bicyclic) bond motifs is 1. The third kappa shape index (κ3) is 4.67. The summed E-state index contributed by atoms with van der Waals surface area (Å²) in [7, 11) is 0. The van der Waals surface area contributed by atoms with E-state index in [-0.39, 0.29) is 12.1 Å². The van der Waals surface area contributed by atoms with Crippen molar-refractivity contribution in [2.75, 3.05) is 25.0 Å². The Morgan fingerprint density at radius 3 is 2.87 bits per heavy atom. The molecule has 0 spiro atoms. The molecule has 3 saturated carbocycles. The first-order valence-electron chi connectivity index (χ1n) is 12.9. The Morgan fingerprint density at radius 2 is 2.13 bits per heavy atom. The predicted octanol–water partition coefficient (Wildman–Crippen LogP) is 2.68. The average molecular weight is 549 g/mol. The second-order valence-electron chi connectivity index (χ2n) is 10.8. The quantitative estimate of drug-likeness (QED) is 0.369. The molecule has 1 amide bonds. The summed E-state index contributed by atoms with van der Waals surface area (Å²) in [5.74, 6) is 1.52. The van der Waals surface area contributed by atoms with Gasteiger partial charge in [0.15, 0.2) is 18.1 Å². The number of hydrogen-bond donors (Lipinski definition) is 3. The molecule has 3 aliphatic carbocycles. The Morgan fingerprint density at radius 1 is 1.31 bits per heavy atom. The molecule has 2 bridgehead atoms. The van der Waals surface area contributed by atoms with Gasteiger partial charge in [-0.15, -0.1) is 0 Å². The molecule has 5 aliphatic rings. The highest BCUT2D eigenvalue weighted by Crippen LogP contribution is 2.57. The van der Waals surface area contributed by atoms with Gasteiger partial charge in [-0.2, -0.15) is 13.9 Å². The molecule has 0 unspecified atom stereocenters. The van der Waals surface area contributed by atoms with Gasteiger partial charge in [-0.25, -0.2) is 19.2 Å². The van der Waals surface area contributed by atoms with Gasteiger partial charge in [-0.3, -0.25) is 14.4 Å². The van der Waals surface area contributed by atoms with Crippen LogP contribution >= 0.6 is 0 Å². The first kappa shape index (κ1) is 24.6. The Hall–Kier alpha value is -3.43. The zero-order chi connectivity index (χ0) is 26.7. The molecule has 5 heterocycles. The number of imidazole rings is 1. The minimum atomic E-state index is -2.77. The van der Waals surface area contributed by atoms with Gasteiger partial charge < -0.3 is 24.8 Å². The van der Waals surface area contributed by atoms with Crippen LogP contribution in [0.3, 0.4) is 0 Å². The lowest BCUT2D eigenvalue weighted by molar-refractivity contribution is -0.197. The SMILES string of the molecule is O=C(NC12CC(C1)C2)O[C@@H]1CO[C@H](c2cc(Nc3nccc4nc(CN5CC(OC(F)F)C5)cn34)n[nH]2)[C@H]1F. The average Bonchev–Trinajstić information content (AvgIpc) is 3.53. The predicted molar refractivity (Wildman–Crippen MR) is 128 cm³/mol. The van der Waals surface area contributed by atoms with Crippen LogP contribution < -0.4 is 10.6 Å². The monoisotopic (exact) mass is 548 g/mol. The van der Waals surface area contributed by atoms with Crippen LogP contribution in [0.5, 0.6) is 0 Å². The maximum atomic E-state index is 15.1. The van der Waals surface area contributed by atoms with E-state index in [2.05, 4.69) is 35.5 Å². The smallest absolute Gasteiger partial charge is 0.408 e. The molecule has 3 aromatic rings. The van der Waals surface area contributed by atoms with E-state index in [1.165, 1.54) is 0 Å². The fraction of sp³-hybridized carbons (Fsp3) is 0.583. The van der Waals surface area contributed by atoms with Crippen molar-refractivity contribution in [3.8, 4) is 0 Å². The summed E-state index contributed by atoms with van der Waals surface area (Å²) in [5.41, 5.74) is 1.63. The molecule has 3 atom stereocenters. The number of likely N-dealkylation sites (tertiary alicyclic amines) is 1. The molecule has 3 N–H and O–H groups in total. The van der Waals surface area contributed by atoms with Crippen molar-refractivity contribution < 1.29 is 32.2 Å². The number of alkyl carbamates (subject to hydrolysis) is 1. The zero-order valence-corrected chi connectivity index (χ0v) is 20.7. The van der Waals surface area contributed by atoms with Crippen LogP contribution in [0.1, 0.15) is 36.8 Å². The number of aromatic amines is 1. The second kappa shape index (κ2) is 9.34. The standard InChI is InChI=1S/C24H27F3N8O4/c25-19-16(39-23(36)31-24-4-12(5-24)6-24)11-37-20(19)15-3-17(33-32-15)30-22-28-2-1-18-29-13(8-35(18)22)7-34-9-14(10-34)38-21(26)27/h1-3,8,12,14,16,19-21H,4-7,9-11H2,(H,31,36)(H2,28,30,32,33)/t12?,16-,19+,20-,24?/m1/s1. The van der Waals surface area contributed by atoms with Crippen LogP contribution in [0.15, 0.2) is 24.5 Å². The lowest BCUT2D eigenvalue weighted by atomic mass is 9.50. The maximum Gasteiger partial charge on any atom is 0.408 e. The van der Waals surface area contributed by atoms with Crippen LogP contribution in [-0.4, -0.2) is 85.8 Å². The molecule has 2 aliphatic heterocycles. The Kier molecular flexibility index (Phi) is 5.89. The number of hydrogen-bond acceptors (Lipinski definition) is 9. The summed E-state index contributed by atoms with van der Waals surface area (Å²) >= 11 is 0. The van der Waals surface area contributed by atoms with Crippen LogP contribution in [0, 0.1) is 5.92 Å². The molecule has 5 fully saturated rings. The number of H-pyrrole nitrogens is 1. The molecule has 208 valence electrons. The van der Waals surface area contributed by atoms with Crippen molar-refractivity contribution in [2.24, 2.45) is 5.92 Å². The van der Waals surface area contributed by atoms with Crippen LogP contribution in [-0.2, 0) is 20.8 Å². The van der Waals surface area contributed by atoms with Gasteiger partial charge in [0.2, 0.25) is 5.95 Å². The van der Waals surface area contributed by atoms with Gasteiger partial charge in [0.1, 0.15) is 11.8 Å². The molecule has 8 rings (SSSR count). The molecule has 2 saturated heterocycles. The number of alkyl halides is 3. The first-order valence-corrected chi connectivity index (χ1v) is 12.9. The lowest BCUT2D eigenvalue weighted by Crippen LogP contribution is -2.68. The normalized spacial score (nSPS) is 30.2. The molecule has 0 aromatic carbocycles. The number of carbonyl (C=O) groups is 1. The Labute approximate surface area is 220 Å². The van der Waals surface area contributed by atoms with Crippen molar-refractivity contribution in [3.05, 3.63) is 35.9 Å². The minimum absolute atomic E-state index is 0.0542. The third-order valence-electron chi connectivity index (χ3n) is 7.93. The fourth-order valence-electron chi connectivity index (χ4n) is 5.86. The number of amides is 1. The van der Waals surface area contributed by atoms with Gasteiger partial charge >= 0.3 is 12.7 Å². The molecule has 39 heavy (non-hydrogen) atoms. The van der Waals surface area contributed by atoms with Crippen molar-refractivity contribution in [1.29, 1.82) is 0 Å². The number of ether oxygens (including phenoxy) is 3. The van der Waals surface area contributed by atoms with Crippen LogP contribution in [0.25, 0.3) is 5.65 Å². The number of carbonyl (C=O) groups excluding carboxylic acids is 1. The van der Waals surface area contributed by atoms with E-state index < -0.39 is 37.2 Å². The van der Waals surface area contributed by atoms with Gasteiger partial charge in [0.25, 0.3) is 0 Å². The van der Waals surface area contributed by atoms with Crippen molar-refractivity contribution in [2.45, 2.75) is 62.4 Å². The number of nitrogens with zero attached hydrogens (tertiary/aromatic N) is 5. The minimum Gasteiger partial charge on any atom is -0.441 e. The van der Waals surface area contributed by atoms with E-state index >= 15 is 4.39 Å². The summed E-state index contributed by atoms with van der Waals surface area (Å²) in [6.45, 7) is -1.52. The summed E-state index contributed by atoms with van der Waals surface area (Å²) in [6.07, 6.45) is 1.70. The number of nitrogens with one attached hydrogen (secondary N) is 3. The van der Waals surface area contributed by atoms with E-state index in [0.717, 1.165) is 25.0 Å². The molecular weight excluding hydrogens is 521 g/mol. The Balaban J connectivity index is 0.965. The van der Waals surface area contributed by atoms with Crippen molar-refractivity contribution in [3.63, 3.8) is 0 Å². The first-order chi connectivity index (χ1) is 18.8. The van der Waals surface area contributed by atoms with E-state index in [0.29, 0.717) is 48.7 Å². The van der Waals surface area contributed by atoms with E-state index in [4.69, 9.17) is 9.47 Å². The van der Waals surface area contributed by atoms with E-state index in [1.807, 2.05) is 4.90 Å². The number of anilines is 2. The highest BCUT2D eigenvalue weighted by molar-refractivity contribution is 5.69. The fourth-order valence-corrected chi connectivity index (χ4v) is 5.86. The van der Waals surface area contributed by atoms with E-state index in [1.54, 1.807) is 28.9 Å². The summed E-state index contributed by atoms with van der Waals surface area (Å²) < 4.78 is 57.0. The molecule has 15 heteroatoms. The highest BCUT2D eigenvalue weighted by Gasteiger charge is 2.58. The summed E-state index contributed by atoms with van der Waals surface area (Å²) in [6, 6.07) is 3.36. The summed E-state index contributed by atoms with van der Waals surface area (Å²) in [4.78, 5) is 23.1. The van der Waals surface area contributed by atoms with Gasteiger partial charge in [0, 0.05) is 43.6 Å². The van der Waals surface area contributed by atoms with Crippen molar-refractivity contribution >= 4 is 23.5 Å². The summed E-state index contributed by atoms with van der Waals surface area (Å²) in [5, 5.41) is 13.0. The molecule has 0 radical (unpaired) electrons. The lowest BCUT2D eigenvalue weighted by Gasteiger charge is -2.61. The van der Waals surface area contributed by atoms with Gasteiger partial charge in [-0.05, 0) is 31.2 Å². The highest BCUT2D eigenvalue weighted by atomic mass is 19.3. The molecular formula is C24H27F3N8O4. The zero-order valence-electron chi connectivity index (χ0n) is 20.7. The molecule has 12 nitrogen and oxygen atoms in total. The number of rotatable bonds is 9. The number of aromatic nitrogens is 5. The number of halogens is 3. The van der Waals surface area contributed by atoms with Crippen LogP contribution in [0.2, 0.25) is 0 Å². The second-order valence-corrected chi connectivity index (χ2v) is 10.8. The van der Waals surface area contributed by atoms with Crippen LogP contribution in [0.4, 0.5) is 29.7 Å². The third-order valence-corrected chi connectivity index (χ3v) is 7.93. The Bertz CT molecular complexity index is 1360. The molecule has 3 aromatic heterocycles. The topological polar surface area (TPSA) is 131 Å². The van der Waals surface area contributed by atoms with E-state index in [9.17, 15) is 13.6 Å². The van der Waals surface area contributed by atoms with Crippen molar-refractivity contribution in [1.82, 2.24) is 34.8 Å².